The monoisotopic (exact) mass is 453 g/mol. The zero-order valence-electron chi connectivity index (χ0n) is 16.2. The van der Waals surface area contributed by atoms with Crippen LogP contribution in [0.3, 0.4) is 0 Å². The fourth-order valence-corrected chi connectivity index (χ4v) is 4.87. The van der Waals surface area contributed by atoms with Crippen LogP contribution in [0.5, 0.6) is 0 Å². The molecule has 0 aliphatic heterocycles. The Hall–Kier alpha value is -1.88. The second-order valence-corrected chi connectivity index (χ2v) is 10.4. The van der Waals surface area contributed by atoms with Gasteiger partial charge in [-0.1, -0.05) is 12.1 Å². The van der Waals surface area contributed by atoms with Gasteiger partial charge >= 0.3 is 0 Å². The Morgan fingerprint density at radius 3 is 2.79 bits per heavy atom. The molecule has 0 aliphatic carbocycles. The van der Waals surface area contributed by atoms with Gasteiger partial charge in [0.2, 0.25) is 15.9 Å². The van der Waals surface area contributed by atoms with Crippen molar-refractivity contribution in [3.8, 4) is 10.8 Å². The number of hydrogen-bond acceptors (Lipinski definition) is 7. The second-order valence-electron chi connectivity index (χ2n) is 6.33. The number of fused-ring (bicyclic) bond motifs is 1. The van der Waals surface area contributed by atoms with Crippen molar-refractivity contribution in [3.63, 3.8) is 0 Å². The molecule has 1 aromatic carbocycles. The summed E-state index contributed by atoms with van der Waals surface area (Å²) < 4.78 is 33.1. The van der Waals surface area contributed by atoms with Gasteiger partial charge in [-0.25, -0.2) is 18.1 Å². The van der Waals surface area contributed by atoms with Crippen LogP contribution in [0.25, 0.3) is 21.0 Å². The third kappa shape index (κ3) is 5.81. The predicted octanol–water partition coefficient (Wildman–Crippen LogP) is 3.23. The van der Waals surface area contributed by atoms with Crippen molar-refractivity contribution in [1.29, 1.82) is 0 Å². The molecular formula is C19H23N3O4S3. The van der Waals surface area contributed by atoms with Gasteiger partial charge in [0.05, 0.1) is 22.5 Å². The molecule has 156 valence electrons. The molecule has 1 atom stereocenters. The van der Waals surface area contributed by atoms with Crippen molar-refractivity contribution in [1.82, 2.24) is 15.0 Å². The summed E-state index contributed by atoms with van der Waals surface area (Å²) >= 11 is 3.10. The summed E-state index contributed by atoms with van der Waals surface area (Å²) in [6, 6.07) is 10.7. The Bertz CT molecular complexity index is 1040. The van der Waals surface area contributed by atoms with E-state index in [1.54, 1.807) is 17.8 Å². The zero-order chi connectivity index (χ0) is 20.9. The lowest BCUT2D eigenvalue weighted by Crippen LogP contribution is -2.47. The maximum atomic E-state index is 12.5. The molecule has 0 bridgehead atoms. The van der Waals surface area contributed by atoms with E-state index in [0.29, 0.717) is 23.7 Å². The summed E-state index contributed by atoms with van der Waals surface area (Å²) in [5.41, 5.74) is 0.915. The van der Waals surface area contributed by atoms with Gasteiger partial charge in [0.15, 0.2) is 10.8 Å². The summed E-state index contributed by atoms with van der Waals surface area (Å²) in [4.78, 5) is 17.1. The van der Waals surface area contributed by atoms with Gasteiger partial charge in [0.25, 0.3) is 0 Å². The standard InChI is InChI=1S/C19H23N3O4S3/c1-3-29(24,25)22-15(10-11-27-2)18(23)20-12-13-8-9-16(26-13)19-21-14-6-4-5-7-17(14)28-19/h4-9,15,22H,3,10-12H2,1-2H3,(H,20,23). The summed E-state index contributed by atoms with van der Waals surface area (Å²) in [5.74, 6) is 1.46. The van der Waals surface area contributed by atoms with Gasteiger partial charge in [0, 0.05) is 0 Å². The average Bonchev–Trinajstić information content (AvgIpc) is 3.35. The average molecular weight is 454 g/mol. The van der Waals surface area contributed by atoms with E-state index >= 15 is 0 Å². The van der Waals surface area contributed by atoms with Crippen LogP contribution in [0.1, 0.15) is 19.1 Å². The van der Waals surface area contributed by atoms with Gasteiger partial charge in [-0.3, -0.25) is 4.79 Å². The number of nitrogens with zero attached hydrogens (tertiary/aromatic N) is 1. The predicted molar refractivity (Wildman–Crippen MR) is 119 cm³/mol. The second kappa shape index (κ2) is 9.75. The van der Waals surface area contributed by atoms with Crippen LogP contribution in [0.2, 0.25) is 0 Å². The number of benzene rings is 1. The topological polar surface area (TPSA) is 101 Å². The van der Waals surface area contributed by atoms with Crippen LogP contribution in [0.15, 0.2) is 40.8 Å². The molecule has 0 aliphatic rings. The first-order valence-electron chi connectivity index (χ1n) is 9.13. The van der Waals surface area contributed by atoms with E-state index in [0.717, 1.165) is 15.2 Å². The molecule has 2 heterocycles. The van der Waals surface area contributed by atoms with Crippen molar-refractivity contribution in [2.24, 2.45) is 0 Å². The number of hydrogen-bond donors (Lipinski definition) is 2. The number of sulfonamides is 1. The number of furan rings is 1. The third-order valence-electron chi connectivity index (χ3n) is 4.23. The van der Waals surface area contributed by atoms with E-state index in [1.165, 1.54) is 18.3 Å². The number of rotatable bonds is 10. The summed E-state index contributed by atoms with van der Waals surface area (Å²) in [6.07, 6.45) is 2.33. The van der Waals surface area contributed by atoms with Gasteiger partial charge in [-0.05, 0) is 49.6 Å². The van der Waals surface area contributed by atoms with Gasteiger partial charge in [0.1, 0.15) is 11.8 Å². The highest BCUT2D eigenvalue weighted by Crippen LogP contribution is 2.31. The summed E-state index contributed by atoms with van der Waals surface area (Å²) in [5, 5.41) is 3.54. The third-order valence-corrected chi connectivity index (χ3v) is 7.33. The lowest BCUT2D eigenvalue weighted by atomic mass is 10.2. The normalized spacial score (nSPS) is 12.9. The fourth-order valence-electron chi connectivity index (χ4n) is 2.64. The lowest BCUT2D eigenvalue weighted by molar-refractivity contribution is -0.123. The Morgan fingerprint density at radius 1 is 1.28 bits per heavy atom. The molecule has 0 saturated carbocycles. The molecule has 0 radical (unpaired) electrons. The van der Waals surface area contributed by atoms with Crippen LogP contribution in [-0.2, 0) is 21.4 Å². The molecule has 29 heavy (non-hydrogen) atoms. The lowest BCUT2D eigenvalue weighted by Gasteiger charge is -2.17. The van der Waals surface area contributed by atoms with E-state index in [9.17, 15) is 13.2 Å². The first-order valence-corrected chi connectivity index (χ1v) is 13.0. The highest BCUT2D eigenvalue weighted by molar-refractivity contribution is 7.98. The number of carbonyl (C=O) groups excluding carboxylic acids is 1. The van der Waals surface area contributed by atoms with E-state index in [2.05, 4.69) is 15.0 Å². The van der Waals surface area contributed by atoms with Crippen molar-refractivity contribution in [2.45, 2.75) is 25.9 Å². The van der Waals surface area contributed by atoms with E-state index in [-0.39, 0.29) is 18.2 Å². The molecule has 2 N–H and O–H groups in total. The first kappa shape index (κ1) is 21.8. The molecule has 0 saturated heterocycles. The van der Waals surface area contributed by atoms with Gasteiger partial charge in [-0.2, -0.15) is 11.8 Å². The molecule has 0 fully saturated rings. The highest BCUT2D eigenvalue weighted by atomic mass is 32.2. The molecule has 1 unspecified atom stereocenters. The van der Waals surface area contributed by atoms with Crippen LogP contribution < -0.4 is 10.0 Å². The summed E-state index contributed by atoms with van der Waals surface area (Å²) in [7, 11) is -3.47. The van der Waals surface area contributed by atoms with Crippen molar-refractivity contribution in [2.75, 3.05) is 17.8 Å². The number of thioether (sulfide) groups is 1. The van der Waals surface area contributed by atoms with Crippen molar-refractivity contribution >= 4 is 49.2 Å². The molecule has 2 aromatic heterocycles. The molecule has 10 heteroatoms. The molecule has 0 spiro atoms. The van der Waals surface area contributed by atoms with Crippen LogP contribution >= 0.6 is 23.1 Å². The number of thiazole rings is 1. The fraction of sp³-hybridized carbons (Fsp3) is 0.368. The van der Waals surface area contributed by atoms with Gasteiger partial charge < -0.3 is 9.73 Å². The number of carbonyl (C=O) groups is 1. The molecule has 7 nitrogen and oxygen atoms in total. The van der Waals surface area contributed by atoms with Crippen LogP contribution in [-0.4, -0.2) is 43.1 Å². The number of nitrogens with one attached hydrogen (secondary N) is 2. The van der Waals surface area contributed by atoms with Crippen LogP contribution in [0.4, 0.5) is 0 Å². The maximum absolute atomic E-state index is 12.5. The SMILES string of the molecule is CCS(=O)(=O)NC(CCSC)C(=O)NCc1ccc(-c2nc3ccccc3s2)o1. The quantitative estimate of drug-likeness (QED) is 0.489. The number of para-hydroxylation sites is 1. The van der Waals surface area contributed by atoms with E-state index in [4.69, 9.17) is 4.42 Å². The van der Waals surface area contributed by atoms with Gasteiger partial charge in [-0.15, -0.1) is 11.3 Å². The smallest absolute Gasteiger partial charge is 0.238 e. The number of amides is 1. The highest BCUT2D eigenvalue weighted by Gasteiger charge is 2.23. The molecule has 3 rings (SSSR count). The number of aromatic nitrogens is 1. The maximum Gasteiger partial charge on any atom is 0.238 e. The Balaban J connectivity index is 1.64. The Labute approximate surface area is 178 Å². The molecular weight excluding hydrogens is 430 g/mol. The van der Waals surface area contributed by atoms with E-state index in [1.807, 2.05) is 36.6 Å². The largest absolute Gasteiger partial charge is 0.457 e. The molecule has 1 amide bonds. The first-order chi connectivity index (χ1) is 13.9. The van der Waals surface area contributed by atoms with Crippen LogP contribution in [0, 0.1) is 0 Å². The van der Waals surface area contributed by atoms with E-state index < -0.39 is 16.1 Å². The Kier molecular flexibility index (Phi) is 7.33. The minimum absolute atomic E-state index is 0.0697. The zero-order valence-corrected chi connectivity index (χ0v) is 18.6. The summed E-state index contributed by atoms with van der Waals surface area (Å²) in [6.45, 7) is 1.71. The van der Waals surface area contributed by atoms with Crippen molar-refractivity contribution in [3.05, 3.63) is 42.2 Å². The van der Waals surface area contributed by atoms with Crippen molar-refractivity contribution < 1.29 is 17.6 Å². The Morgan fingerprint density at radius 2 is 2.07 bits per heavy atom. The minimum atomic E-state index is -3.47. The minimum Gasteiger partial charge on any atom is -0.457 e. The molecule has 3 aromatic rings.